The molecule has 0 saturated carbocycles. The molecule has 1 N–H and O–H groups in total. The van der Waals surface area contributed by atoms with Gasteiger partial charge in [-0.05, 0) is 43.7 Å². The van der Waals surface area contributed by atoms with Crippen molar-refractivity contribution in [1.29, 1.82) is 10.5 Å². The van der Waals surface area contributed by atoms with Crippen molar-refractivity contribution in [3.63, 3.8) is 0 Å². The number of hydrogen-bond acceptors (Lipinski definition) is 5. The summed E-state index contributed by atoms with van der Waals surface area (Å²) < 4.78 is 0. The van der Waals surface area contributed by atoms with Crippen molar-refractivity contribution in [3.05, 3.63) is 46.6 Å². The first-order chi connectivity index (χ1) is 10.5. The van der Waals surface area contributed by atoms with Gasteiger partial charge in [0.25, 0.3) is 0 Å². The van der Waals surface area contributed by atoms with Gasteiger partial charge in [-0.3, -0.25) is 0 Å². The highest BCUT2D eigenvalue weighted by Gasteiger charge is 2.15. The Morgan fingerprint density at radius 2 is 1.59 bits per heavy atom. The Kier molecular flexibility index (Phi) is 4.29. The van der Waals surface area contributed by atoms with Crippen LogP contribution in [0.3, 0.4) is 0 Å². The average Bonchev–Trinajstić information content (AvgIpc) is 2.50. The molecule has 5 nitrogen and oxygen atoms in total. The van der Waals surface area contributed by atoms with Gasteiger partial charge in [0.1, 0.15) is 23.5 Å². The number of nitriles is 2. The van der Waals surface area contributed by atoms with Crippen molar-refractivity contribution < 1.29 is 0 Å². The normalized spacial score (nSPS) is 9.73. The summed E-state index contributed by atoms with van der Waals surface area (Å²) in [5.41, 5.74) is 4.04. The summed E-state index contributed by atoms with van der Waals surface area (Å²) in [7, 11) is 3.95. The largest absolute Gasteiger partial charge is 0.378 e. The molecule has 0 unspecified atom stereocenters. The topological polar surface area (TPSA) is 75.7 Å². The van der Waals surface area contributed by atoms with E-state index < -0.39 is 0 Å². The van der Waals surface area contributed by atoms with Crippen LogP contribution in [0.2, 0.25) is 0 Å². The van der Waals surface area contributed by atoms with Gasteiger partial charge in [0, 0.05) is 31.2 Å². The second kappa shape index (κ2) is 6.15. The fraction of sp³-hybridized carbons (Fsp3) is 0.235. The van der Waals surface area contributed by atoms with Crippen LogP contribution in [0, 0.1) is 36.5 Å². The number of aromatic nitrogens is 1. The lowest BCUT2D eigenvalue weighted by Gasteiger charge is -2.14. The fourth-order valence-electron chi connectivity index (χ4n) is 2.11. The van der Waals surface area contributed by atoms with E-state index >= 15 is 0 Å². The number of hydrogen-bond donors (Lipinski definition) is 1. The molecule has 22 heavy (non-hydrogen) atoms. The molecule has 0 aliphatic heterocycles. The minimum Gasteiger partial charge on any atom is -0.378 e. The standard InChI is InChI=1S/C17H17N5/c1-11-12(2)20-17(16(10-19)15(11)9-18)21-13-5-7-14(8-6-13)22(3)4/h5-8H,1-4H3,(H,20,21). The van der Waals surface area contributed by atoms with Crippen molar-refractivity contribution in [1.82, 2.24) is 4.98 Å². The van der Waals surface area contributed by atoms with Crippen LogP contribution in [-0.4, -0.2) is 19.1 Å². The van der Waals surface area contributed by atoms with E-state index in [1.807, 2.05) is 50.2 Å². The second-order valence-corrected chi connectivity index (χ2v) is 5.21. The quantitative estimate of drug-likeness (QED) is 0.939. The van der Waals surface area contributed by atoms with Crippen molar-refractivity contribution in [2.75, 3.05) is 24.3 Å². The van der Waals surface area contributed by atoms with Crippen molar-refractivity contribution >= 4 is 17.2 Å². The van der Waals surface area contributed by atoms with Crippen LogP contribution in [0.1, 0.15) is 22.4 Å². The Hall–Kier alpha value is -3.05. The smallest absolute Gasteiger partial charge is 0.149 e. The Morgan fingerprint density at radius 3 is 2.09 bits per heavy atom. The van der Waals surface area contributed by atoms with Gasteiger partial charge < -0.3 is 10.2 Å². The van der Waals surface area contributed by atoms with Crippen LogP contribution >= 0.6 is 0 Å². The molecule has 110 valence electrons. The molecule has 1 heterocycles. The third-order valence-electron chi connectivity index (χ3n) is 3.55. The zero-order valence-corrected chi connectivity index (χ0v) is 13.1. The van der Waals surface area contributed by atoms with Crippen molar-refractivity contribution in [2.24, 2.45) is 0 Å². The Labute approximate surface area is 130 Å². The maximum Gasteiger partial charge on any atom is 0.149 e. The molecule has 0 saturated heterocycles. The third kappa shape index (κ3) is 2.84. The van der Waals surface area contributed by atoms with Gasteiger partial charge in [0.2, 0.25) is 0 Å². The van der Waals surface area contributed by atoms with E-state index in [1.165, 1.54) is 0 Å². The van der Waals surface area contributed by atoms with Gasteiger partial charge in [-0.1, -0.05) is 0 Å². The molecule has 5 heteroatoms. The molecule has 0 bridgehead atoms. The molecule has 0 radical (unpaired) electrons. The summed E-state index contributed by atoms with van der Waals surface area (Å²) in [5, 5.41) is 21.8. The number of benzene rings is 1. The van der Waals surface area contributed by atoms with Gasteiger partial charge in [-0.2, -0.15) is 10.5 Å². The molecule has 0 fully saturated rings. The predicted octanol–water partition coefficient (Wildman–Crippen LogP) is 3.25. The minimum atomic E-state index is 0.280. The number of nitrogens with zero attached hydrogens (tertiary/aromatic N) is 4. The zero-order valence-electron chi connectivity index (χ0n) is 13.1. The van der Waals surface area contributed by atoms with Gasteiger partial charge in [0.05, 0.1) is 5.56 Å². The number of pyridine rings is 1. The Bertz CT molecular complexity index is 777. The lowest BCUT2D eigenvalue weighted by molar-refractivity contribution is 1.12. The fourth-order valence-corrected chi connectivity index (χ4v) is 2.11. The summed E-state index contributed by atoms with van der Waals surface area (Å²) in [6, 6.07) is 12.0. The monoisotopic (exact) mass is 291 g/mol. The highest BCUT2D eigenvalue weighted by Crippen LogP contribution is 2.26. The molecule has 0 amide bonds. The molecule has 2 rings (SSSR count). The molecule has 1 aromatic heterocycles. The molecule has 0 atom stereocenters. The third-order valence-corrected chi connectivity index (χ3v) is 3.55. The average molecular weight is 291 g/mol. The maximum atomic E-state index is 9.35. The van der Waals surface area contributed by atoms with Crippen LogP contribution in [-0.2, 0) is 0 Å². The van der Waals surface area contributed by atoms with Crippen LogP contribution in [0.25, 0.3) is 0 Å². The highest BCUT2D eigenvalue weighted by atomic mass is 15.1. The van der Waals surface area contributed by atoms with Crippen LogP contribution in [0.5, 0.6) is 0 Å². The predicted molar refractivity (Wildman–Crippen MR) is 87.2 cm³/mol. The Morgan fingerprint density at radius 1 is 1.00 bits per heavy atom. The molecule has 0 aliphatic carbocycles. The van der Waals surface area contributed by atoms with E-state index in [9.17, 15) is 10.5 Å². The number of anilines is 3. The van der Waals surface area contributed by atoms with E-state index in [1.54, 1.807) is 6.92 Å². The van der Waals surface area contributed by atoms with E-state index in [4.69, 9.17) is 0 Å². The summed E-state index contributed by atoms with van der Waals surface area (Å²) in [4.78, 5) is 6.42. The summed E-state index contributed by atoms with van der Waals surface area (Å²) in [6.07, 6.45) is 0. The van der Waals surface area contributed by atoms with Crippen molar-refractivity contribution in [3.8, 4) is 12.1 Å². The molecule has 0 aliphatic rings. The molecule has 0 spiro atoms. The highest BCUT2D eigenvalue weighted by molar-refractivity contribution is 5.69. The first-order valence-corrected chi connectivity index (χ1v) is 6.83. The van der Waals surface area contributed by atoms with Crippen LogP contribution < -0.4 is 10.2 Å². The van der Waals surface area contributed by atoms with E-state index in [-0.39, 0.29) is 5.56 Å². The number of nitrogens with one attached hydrogen (secondary N) is 1. The van der Waals surface area contributed by atoms with Crippen LogP contribution in [0.4, 0.5) is 17.2 Å². The van der Waals surface area contributed by atoms with Gasteiger partial charge in [-0.15, -0.1) is 0 Å². The number of aryl methyl sites for hydroxylation is 1. The second-order valence-electron chi connectivity index (χ2n) is 5.21. The van der Waals surface area contributed by atoms with Gasteiger partial charge in [-0.25, -0.2) is 4.98 Å². The van der Waals surface area contributed by atoms with E-state index in [2.05, 4.69) is 22.4 Å². The SMILES string of the molecule is Cc1nc(Nc2ccc(N(C)C)cc2)c(C#N)c(C#N)c1C. The molecule has 1 aromatic carbocycles. The molecular formula is C17H17N5. The summed E-state index contributed by atoms with van der Waals surface area (Å²) in [5.74, 6) is 0.416. The summed E-state index contributed by atoms with van der Waals surface area (Å²) in [6.45, 7) is 3.63. The van der Waals surface area contributed by atoms with Crippen LogP contribution in [0.15, 0.2) is 24.3 Å². The van der Waals surface area contributed by atoms with Crippen molar-refractivity contribution in [2.45, 2.75) is 13.8 Å². The minimum absolute atomic E-state index is 0.280. The first-order valence-electron chi connectivity index (χ1n) is 6.83. The zero-order chi connectivity index (χ0) is 16.3. The lowest BCUT2D eigenvalue weighted by atomic mass is 10.0. The molecular weight excluding hydrogens is 274 g/mol. The molecule has 2 aromatic rings. The maximum absolute atomic E-state index is 9.35. The van der Waals surface area contributed by atoms with Gasteiger partial charge in [0.15, 0.2) is 0 Å². The number of rotatable bonds is 3. The summed E-state index contributed by atoms with van der Waals surface area (Å²) >= 11 is 0. The lowest BCUT2D eigenvalue weighted by Crippen LogP contribution is -2.08. The van der Waals surface area contributed by atoms with E-state index in [0.717, 1.165) is 22.6 Å². The van der Waals surface area contributed by atoms with E-state index in [0.29, 0.717) is 11.4 Å². The van der Waals surface area contributed by atoms with Gasteiger partial charge >= 0.3 is 0 Å². The Balaban J connectivity index is 2.44. The first kappa shape index (κ1) is 15.3.